The summed E-state index contributed by atoms with van der Waals surface area (Å²) in [5.41, 5.74) is -0.751. The van der Waals surface area contributed by atoms with E-state index in [-0.39, 0.29) is 38.3 Å². The Morgan fingerprint density at radius 3 is 2.07 bits per heavy atom. The van der Waals surface area contributed by atoms with Crippen LogP contribution in [0.25, 0.3) is 0 Å². The number of nitrogens with zero attached hydrogens (tertiary/aromatic N) is 3. The molecule has 0 amide bonds. The van der Waals surface area contributed by atoms with Crippen LogP contribution in [-0.2, 0) is 28.9 Å². The number of H-pyrrole nitrogens is 1. The third kappa shape index (κ3) is 8.00. The minimum Gasteiger partial charge on any atom is -0.497 e. The van der Waals surface area contributed by atoms with E-state index in [2.05, 4.69) is 43.4 Å². The minimum atomic E-state index is -1.77. The van der Waals surface area contributed by atoms with Crippen LogP contribution in [0.1, 0.15) is 62.6 Å². The van der Waals surface area contributed by atoms with Crippen molar-refractivity contribution in [2.24, 2.45) is 0 Å². The summed E-state index contributed by atoms with van der Waals surface area (Å²) in [6.45, 7) is 10.1. The Hall–Kier alpha value is -4.38. The molecule has 3 heterocycles. The Labute approximate surface area is 322 Å². The van der Waals surface area contributed by atoms with E-state index in [4.69, 9.17) is 32.7 Å². The van der Waals surface area contributed by atoms with Gasteiger partial charge in [0.2, 0.25) is 0 Å². The molecule has 0 spiro atoms. The summed E-state index contributed by atoms with van der Waals surface area (Å²) in [5.74, 6) is 1.38. The molecular weight excluding hydrogens is 723 g/mol. The molecule has 2 fully saturated rings. The molecule has 0 radical (unpaired) electrons. The van der Waals surface area contributed by atoms with Gasteiger partial charge in [-0.2, -0.15) is 5.26 Å². The Morgan fingerprint density at radius 2 is 1.53 bits per heavy atom. The molecule has 0 aliphatic carbocycles. The van der Waals surface area contributed by atoms with E-state index in [0.29, 0.717) is 17.1 Å². The summed E-state index contributed by atoms with van der Waals surface area (Å²) in [6, 6.07) is 27.6. The second-order valence-electron chi connectivity index (χ2n) is 14.2. The zero-order chi connectivity index (χ0) is 39.3. The van der Waals surface area contributed by atoms with Crippen LogP contribution in [0.15, 0.2) is 94.6 Å². The Morgan fingerprint density at radius 1 is 0.945 bits per heavy atom. The predicted molar refractivity (Wildman–Crippen MR) is 207 cm³/mol. The molecular formula is C41H49N4O9P. The van der Waals surface area contributed by atoms with Gasteiger partial charge >= 0.3 is 5.69 Å². The fourth-order valence-corrected chi connectivity index (χ4v) is 9.16. The normalized spacial score (nSPS) is 21.3. The first-order chi connectivity index (χ1) is 26.5. The van der Waals surface area contributed by atoms with E-state index in [9.17, 15) is 14.9 Å². The van der Waals surface area contributed by atoms with Crippen molar-refractivity contribution in [3.05, 3.63) is 128 Å². The Bertz CT molecular complexity index is 1990. The van der Waals surface area contributed by atoms with E-state index < -0.39 is 49.4 Å². The summed E-state index contributed by atoms with van der Waals surface area (Å²) < 4.78 is 48.7. The molecule has 1 N–H and O–H groups in total. The first-order valence-electron chi connectivity index (χ1n) is 18.3. The zero-order valence-corrected chi connectivity index (χ0v) is 33.2. The van der Waals surface area contributed by atoms with Crippen molar-refractivity contribution >= 4 is 8.53 Å². The molecule has 4 aromatic rings. The number of ether oxygens (including phenoxy) is 5. The second kappa shape index (κ2) is 17.2. The first kappa shape index (κ1) is 40.3. The molecule has 1 unspecified atom stereocenters. The van der Waals surface area contributed by atoms with Crippen LogP contribution in [0.2, 0.25) is 0 Å². The average molecular weight is 773 g/mol. The monoisotopic (exact) mass is 772 g/mol. The number of rotatable bonds is 17. The lowest BCUT2D eigenvalue weighted by atomic mass is 9.79. The van der Waals surface area contributed by atoms with E-state index in [0.717, 1.165) is 16.7 Å². The molecule has 292 valence electrons. The summed E-state index contributed by atoms with van der Waals surface area (Å²) in [5, 5.41) is 9.37. The summed E-state index contributed by atoms with van der Waals surface area (Å²) in [4.78, 5) is 28.2. The number of nitriles is 1. The van der Waals surface area contributed by atoms with E-state index in [1.54, 1.807) is 21.1 Å². The van der Waals surface area contributed by atoms with E-state index in [1.807, 2.05) is 78.9 Å². The lowest BCUT2D eigenvalue weighted by Gasteiger charge is -2.41. The van der Waals surface area contributed by atoms with Crippen LogP contribution in [-0.4, -0.2) is 78.2 Å². The number of hydrogen-bond acceptors (Lipinski definition) is 11. The third-order valence-electron chi connectivity index (χ3n) is 9.97. The fourth-order valence-electron chi connectivity index (χ4n) is 7.35. The number of benzene rings is 3. The van der Waals surface area contributed by atoms with Crippen LogP contribution < -0.4 is 20.7 Å². The van der Waals surface area contributed by atoms with Crippen LogP contribution in [0, 0.1) is 18.3 Å². The largest absolute Gasteiger partial charge is 0.497 e. The smallest absolute Gasteiger partial charge is 0.330 e. The lowest BCUT2D eigenvalue weighted by molar-refractivity contribution is -0.203. The number of hydrogen-bond donors (Lipinski definition) is 1. The van der Waals surface area contributed by atoms with E-state index >= 15 is 0 Å². The second-order valence-corrected chi connectivity index (χ2v) is 15.6. The van der Waals surface area contributed by atoms with Gasteiger partial charge in [0, 0.05) is 23.8 Å². The maximum Gasteiger partial charge on any atom is 0.330 e. The highest BCUT2D eigenvalue weighted by molar-refractivity contribution is 7.44. The maximum absolute atomic E-state index is 13.3. The molecule has 5 atom stereocenters. The van der Waals surface area contributed by atoms with Gasteiger partial charge in [0.05, 0.1) is 46.5 Å². The van der Waals surface area contributed by atoms with Crippen LogP contribution in [0.5, 0.6) is 11.5 Å². The number of nitrogens with one attached hydrogen (secondary N) is 1. The number of aryl methyl sites for hydroxylation is 1. The number of aromatic nitrogens is 2. The average Bonchev–Trinajstić information content (AvgIpc) is 3.68. The van der Waals surface area contributed by atoms with Crippen molar-refractivity contribution in [2.45, 2.75) is 82.8 Å². The number of methoxy groups -OCH3 is 2. The van der Waals surface area contributed by atoms with Gasteiger partial charge in [-0.1, -0.05) is 54.6 Å². The predicted octanol–water partition coefficient (Wildman–Crippen LogP) is 6.20. The molecule has 1 aromatic heterocycles. The Balaban J connectivity index is 1.49. The van der Waals surface area contributed by atoms with Crippen molar-refractivity contribution in [2.75, 3.05) is 34.0 Å². The molecule has 2 saturated heterocycles. The van der Waals surface area contributed by atoms with Gasteiger partial charge < -0.3 is 32.7 Å². The molecule has 3 aromatic carbocycles. The van der Waals surface area contributed by atoms with E-state index in [1.165, 1.54) is 10.8 Å². The first-order valence-corrected chi connectivity index (χ1v) is 19.5. The molecule has 55 heavy (non-hydrogen) atoms. The molecule has 2 bridgehead atoms. The number of fused-ring (bicyclic) bond motifs is 2. The lowest BCUT2D eigenvalue weighted by Crippen LogP contribution is -2.49. The van der Waals surface area contributed by atoms with Gasteiger partial charge in [0.15, 0.2) is 6.23 Å². The molecule has 14 heteroatoms. The van der Waals surface area contributed by atoms with Crippen molar-refractivity contribution in [3.63, 3.8) is 0 Å². The molecule has 2 aliphatic heterocycles. The van der Waals surface area contributed by atoms with Gasteiger partial charge in [-0.3, -0.25) is 14.3 Å². The van der Waals surface area contributed by atoms with Gasteiger partial charge in [-0.25, -0.2) is 9.46 Å². The van der Waals surface area contributed by atoms with Crippen molar-refractivity contribution < 1.29 is 32.7 Å². The highest BCUT2D eigenvalue weighted by atomic mass is 31.2. The summed E-state index contributed by atoms with van der Waals surface area (Å²) in [7, 11) is 1.48. The Kier molecular flexibility index (Phi) is 12.6. The fraction of sp³-hybridized carbons (Fsp3) is 0.439. The van der Waals surface area contributed by atoms with Gasteiger partial charge in [0.1, 0.15) is 34.9 Å². The standard InChI is InChI=1S/C41H49N4O9P/c1-27(2)45(28(3)4)55(52-23-11-22-42)54-36-35-38(44-24-29(5)37(46)43-39(44)47)53-40(36,25-50-35)26-51-41(30-12-9-8-10-13-30,31-14-18-33(48-6)19-15-31)32-16-20-34(49-7)21-17-32/h8-10,12-21,24,27-28,35-36,38H,11,23,25-26H2,1-7H3,(H,43,46,47)/t35-,36+,38+,40+,55?/m0/s1. The highest BCUT2D eigenvalue weighted by Crippen LogP contribution is 2.56. The van der Waals surface area contributed by atoms with Crippen LogP contribution >= 0.6 is 8.53 Å². The number of aromatic amines is 1. The molecule has 0 saturated carbocycles. The van der Waals surface area contributed by atoms with Gasteiger partial charge in [0.25, 0.3) is 14.1 Å². The topological polar surface area (TPSA) is 147 Å². The third-order valence-corrected chi connectivity index (χ3v) is 12.1. The SMILES string of the molecule is COc1ccc(C(OC[C@@]23CO[C@H]([C@H](n4cc(C)c(=O)[nH]c4=O)O2)[C@H]3OP(OCCC#N)N(C(C)C)C(C)C)(c2ccccc2)c2ccc(OC)cc2)cc1. The van der Waals surface area contributed by atoms with Crippen LogP contribution in [0.4, 0.5) is 0 Å². The van der Waals surface area contributed by atoms with Crippen molar-refractivity contribution in [1.29, 1.82) is 5.26 Å². The van der Waals surface area contributed by atoms with Crippen LogP contribution in [0.3, 0.4) is 0 Å². The minimum absolute atomic E-state index is 0.0254. The summed E-state index contributed by atoms with van der Waals surface area (Å²) >= 11 is 0. The molecule has 2 aliphatic rings. The van der Waals surface area contributed by atoms with Gasteiger partial charge in [-0.15, -0.1) is 0 Å². The summed E-state index contributed by atoms with van der Waals surface area (Å²) in [6.07, 6.45) is -0.901. The highest BCUT2D eigenvalue weighted by Gasteiger charge is 2.65. The zero-order valence-electron chi connectivity index (χ0n) is 32.3. The molecule has 6 rings (SSSR count). The quantitative estimate of drug-likeness (QED) is 0.0744. The molecule has 13 nitrogen and oxygen atoms in total. The van der Waals surface area contributed by atoms with Gasteiger partial charge in [-0.05, 0) is 75.6 Å². The van der Waals surface area contributed by atoms with Crippen molar-refractivity contribution in [3.8, 4) is 17.6 Å². The maximum atomic E-state index is 13.3. The van der Waals surface area contributed by atoms with Crippen molar-refractivity contribution in [1.82, 2.24) is 14.2 Å².